The molecular formula is C13H21N3O2. The van der Waals surface area contributed by atoms with Crippen molar-refractivity contribution in [2.24, 2.45) is 5.41 Å². The van der Waals surface area contributed by atoms with Gasteiger partial charge in [-0.2, -0.15) is 4.98 Å². The third kappa shape index (κ3) is 2.10. The molecule has 1 aliphatic carbocycles. The van der Waals surface area contributed by atoms with Gasteiger partial charge in [0.15, 0.2) is 5.82 Å². The van der Waals surface area contributed by atoms with Crippen LogP contribution in [0.15, 0.2) is 12.1 Å². The molecule has 1 aromatic heterocycles. The van der Waals surface area contributed by atoms with Crippen LogP contribution in [0, 0.1) is 5.41 Å². The number of pyridine rings is 1. The SMILES string of the molecule is COc1ccc(N)c(NC2CC(OC)C2(C)C)n1. The lowest BCUT2D eigenvalue weighted by Gasteiger charge is -2.51. The monoisotopic (exact) mass is 251 g/mol. The zero-order valence-electron chi connectivity index (χ0n) is 11.4. The van der Waals surface area contributed by atoms with Crippen molar-refractivity contribution in [2.45, 2.75) is 32.4 Å². The molecule has 0 bridgehead atoms. The summed E-state index contributed by atoms with van der Waals surface area (Å²) in [6.45, 7) is 4.36. The molecule has 2 rings (SSSR count). The highest BCUT2D eigenvalue weighted by Gasteiger charge is 2.48. The number of nitrogens with zero attached hydrogens (tertiary/aromatic N) is 1. The number of rotatable bonds is 4. The van der Waals surface area contributed by atoms with E-state index in [1.165, 1.54) is 0 Å². The van der Waals surface area contributed by atoms with Crippen LogP contribution >= 0.6 is 0 Å². The van der Waals surface area contributed by atoms with Crippen molar-refractivity contribution in [3.8, 4) is 5.88 Å². The Morgan fingerprint density at radius 2 is 2.11 bits per heavy atom. The van der Waals surface area contributed by atoms with Gasteiger partial charge < -0.3 is 20.5 Å². The highest BCUT2D eigenvalue weighted by molar-refractivity contribution is 5.62. The van der Waals surface area contributed by atoms with Crippen molar-refractivity contribution in [3.05, 3.63) is 12.1 Å². The summed E-state index contributed by atoms with van der Waals surface area (Å²) in [5, 5.41) is 3.38. The first-order valence-corrected chi connectivity index (χ1v) is 6.09. The standard InChI is InChI=1S/C13H21N3O2/c1-13(2)9(7-10(13)17-3)15-12-8(14)5-6-11(16-12)18-4/h5-6,9-10H,7,14H2,1-4H3,(H,15,16). The van der Waals surface area contributed by atoms with E-state index in [4.69, 9.17) is 15.2 Å². The molecule has 1 fully saturated rings. The molecule has 3 N–H and O–H groups in total. The Balaban J connectivity index is 2.11. The molecule has 18 heavy (non-hydrogen) atoms. The number of nitrogen functional groups attached to an aromatic ring is 1. The maximum absolute atomic E-state index is 5.92. The van der Waals surface area contributed by atoms with Gasteiger partial charge in [0, 0.05) is 24.6 Å². The van der Waals surface area contributed by atoms with Crippen LogP contribution in [0.4, 0.5) is 11.5 Å². The molecule has 0 spiro atoms. The predicted octanol–water partition coefficient (Wildman–Crippen LogP) is 1.90. The number of nitrogens with two attached hydrogens (primary N) is 1. The maximum atomic E-state index is 5.92. The Morgan fingerprint density at radius 3 is 2.67 bits per heavy atom. The highest BCUT2D eigenvalue weighted by Crippen LogP contribution is 2.44. The molecule has 0 aliphatic heterocycles. The molecule has 0 aromatic carbocycles. The second-order valence-corrected chi connectivity index (χ2v) is 5.27. The van der Waals surface area contributed by atoms with E-state index in [1.807, 2.05) is 0 Å². The van der Waals surface area contributed by atoms with Gasteiger partial charge in [0.1, 0.15) is 0 Å². The number of hydrogen-bond acceptors (Lipinski definition) is 5. The van der Waals surface area contributed by atoms with Crippen molar-refractivity contribution in [3.63, 3.8) is 0 Å². The fourth-order valence-electron chi connectivity index (χ4n) is 2.38. The van der Waals surface area contributed by atoms with Crippen LogP contribution in [-0.2, 0) is 4.74 Å². The molecule has 5 nitrogen and oxygen atoms in total. The lowest BCUT2D eigenvalue weighted by molar-refractivity contribution is -0.0795. The fraction of sp³-hybridized carbons (Fsp3) is 0.615. The first-order valence-electron chi connectivity index (χ1n) is 6.09. The van der Waals surface area contributed by atoms with Crippen molar-refractivity contribution < 1.29 is 9.47 Å². The smallest absolute Gasteiger partial charge is 0.215 e. The van der Waals surface area contributed by atoms with E-state index in [0.717, 1.165) is 6.42 Å². The highest BCUT2D eigenvalue weighted by atomic mass is 16.5. The summed E-state index contributed by atoms with van der Waals surface area (Å²) in [6.07, 6.45) is 1.24. The van der Waals surface area contributed by atoms with Gasteiger partial charge in [0.2, 0.25) is 5.88 Å². The molecule has 0 saturated heterocycles. The lowest BCUT2D eigenvalue weighted by atomic mass is 9.64. The van der Waals surface area contributed by atoms with Crippen LogP contribution < -0.4 is 15.8 Å². The van der Waals surface area contributed by atoms with Gasteiger partial charge in [0.25, 0.3) is 0 Å². The van der Waals surface area contributed by atoms with Gasteiger partial charge in [-0.15, -0.1) is 0 Å². The molecule has 0 radical (unpaired) electrons. The van der Waals surface area contributed by atoms with E-state index in [9.17, 15) is 0 Å². The fourth-order valence-corrected chi connectivity index (χ4v) is 2.38. The summed E-state index contributed by atoms with van der Waals surface area (Å²) in [7, 11) is 3.34. The van der Waals surface area contributed by atoms with Crippen LogP contribution in [-0.4, -0.2) is 31.3 Å². The van der Waals surface area contributed by atoms with Gasteiger partial charge in [0.05, 0.1) is 18.9 Å². The Kier molecular flexibility index (Phi) is 3.34. The summed E-state index contributed by atoms with van der Waals surface area (Å²) in [5.74, 6) is 1.24. The molecule has 2 atom stereocenters. The maximum Gasteiger partial charge on any atom is 0.215 e. The molecule has 100 valence electrons. The Morgan fingerprint density at radius 1 is 1.39 bits per heavy atom. The number of hydrogen-bond donors (Lipinski definition) is 2. The van der Waals surface area contributed by atoms with Crippen molar-refractivity contribution in [2.75, 3.05) is 25.3 Å². The summed E-state index contributed by atoms with van der Waals surface area (Å²) in [6, 6.07) is 3.86. The van der Waals surface area contributed by atoms with E-state index in [1.54, 1.807) is 26.4 Å². The van der Waals surface area contributed by atoms with Gasteiger partial charge >= 0.3 is 0 Å². The van der Waals surface area contributed by atoms with E-state index in [0.29, 0.717) is 23.4 Å². The van der Waals surface area contributed by atoms with Crippen molar-refractivity contribution in [1.29, 1.82) is 0 Å². The number of methoxy groups -OCH3 is 2. The molecule has 1 aliphatic rings. The zero-order valence-corrected chi connectivity index (χ0v) is 11.4. The predicted molar refractivity (Wildman–Crippen MR) is 71.8 cm³/mol. The number of aromatic nitrogens is 1. The minimum absolute atomic E-state index is 0.0753. The normalized spacial score (nSPS) is 25.3. The van der Waals surface area contributed by atoms with Crippen LogP contribution in [0.1, 0.15) is 20.3 Å². The minimum atomic E-state index is 0.0753. The van der Waals surface area contributed by atoms with Crippen LogP contribution in [0.25, 0.3) is 0 Å². The summed E-state index contributed by atoms with van der Waals surface area (Å²) >= 11 is 0. The molecule has 0 amide bonds. The quantitative estimate of drug-likeness (QED) is 0.855. The van der Waals surface area contributed by atoms with E-state index in [-0.39, 0.29) is 11.5 Å². The minimum Gasteiger partial charge on any atom is -0.481 e. The summed E-state index contributed by atoms with van der Waals surface area (Å²) in [5.41, 5.74) is 6.62. The van der Waals surface area contributed by atoms with Crippen molar-refractivity contribution >= 4 is 11.5 Å². The average Bonchev–Trinajstić information content (AvgIpc) is 2.35. The Bertz CT molecular complexity index is 434. The molecule has 1 saturated carbocycles. The Labute approximate surface area is 108 Å². The molecule has 5 heteroatoms. The largest absolute Gasteiger partial charge is 0.481 e. The van der Waals surface area contributed by atoms with Crippen molar-refractivity contribution in [1.82, 2.24) is 4.98 Å². The van der Waals surface area contributed by atoms with Gasteiger partial charge in [-0.25, -0.2) is 0 Å². The summed E-state index contributed by atoms with van der Waals surface area (Å²) < 4.78 is 10.5. The first-order chi connectivity index (χ1) is 8.48. The van der Waals surface area contributed by atoms with Crippen LogP contribution in [0.5, 0.6) is 5.88 Å². The lowest BCUT2D eigenvalue weighted by Crippen LogP contribution is -2.57. The van der Waals surface area contributed by atoms with Gasteiger partial charge in [-0.05, 0) is 12.5 Å². The zero-order chi connectivity index (χ0) is 13.3. The van der Waals surface area contributed by atoms with Gasteiger partial charge in [-0.1, -0.05) is 13.8 Å². The number of ether oxygens (including phenoxy) is 2. The molecule has 2 unspecified atom stereocenters. The van der Waals surface area contributed by atoms with E-state index < -0.39 is 0 Å². The van der Waals surface area contributed by atoms with Crippen LogP contribution in [0.3, 0.4) is 0 Å². The number of anilines is 2. The summed E-state index contributed by atoms with van der Waals surface area (Å²) in [4.78, 5) is 4.33. The topological polar surface area (TPSA) is 69.4 Å². The molecule has 1 heterocycles. The second-order valence-electron chi connectivity index (χ2n) is 5.27. The Hall–Kier alpha value is -1.49. The first kappa shape index (κ1) is 13.0. The molecular weight excluding hydrogens is 230 g/mol. The average molecular weight is 251 g/mol. The third-order valence-corrected chi connectivity index (χ3v) is 3.88. The van der Waals surface area contributed by atoms with Crippen LogP contribution in [0.2, 0.25) is 0 Å². The molecule has 1 aromatic rings. The van der Waals surface area contributed by atoms with Gasteiger partial charge in [-0.3, -0.25) is 0 Å². The van der Waals surface area contributed by atoms with E-state index in [2.05, 4.69) is 24.1 Å². The number of nitrogens with one attached hydrogen (secondary N) is 1. The second kappa shape index (κ2) is 4.65. The van der Waals surface area contributed by atoms with E-state index >= 15 is 0 Å². The third-order valence-electron chi connectivity index (χ3n) is 3.88.